The van der Waals surface area contributed by atoms with Gasteiger partial charge < -0.3 is 75.6 Å². The van der Waals surface area contributed by atoms with Crippen LogP contribution in [-0.4, -0.2) is 194 Å². The summed E-state index contributed by atoms with van der Waals surface area (Å²) in [7, 11) is -0.983. The summed E-state index contributed by atoms with van der Waals surface area (Å²) in [6.45, 7) is 0.948. The SMILES string of the molecule is COc1cccc2c1C(=O)c1c(O)c3c(c(O)c1C2=O)C[C@@](O)(C(=O)NC12CC(NC(=O)CNC(=O)CNC(=O)CNC(=O)CCNC(=O)c4cnc(S(C)(=O)=O)c(C#N)c4)(C1)C2)C[C@@H]3O[C@H]1C[C@H]2[C@H](O[C@@H]3[C@@H](OC)OCCN32)[C@H](C)O1. The van der Waals surface area contributed by atoms with Gasteiger partial charge in [-0.1, -0.05) is 12.1 Å². The molecule has 436 valence electrons. The van der Waals surface area contributed by atoms with Crippen molar-refractivity contribution in [2.24, 2.45) is 0 Å². The number of ether oxygens (including phenoxy) is 6. The van der Waals surface area contributed by atoms with Crippen LogP contribution >= 0.6 is 0 Å². The third kappa shape index (κ3) is 10.6. The number of aliphatic hydroxyl groups is 1. The molecule has 3 saturated heterocycles. The highest BCUT2D eigenvalue weighted by Crippen LogP contribution is 2.61. The highest BCUT2D eigenvalue weighted by atomic mass is 32.2. The van der Waals surface area contributed by atoms with Gasteiger partial charge in [0.15, 0.2) is 39.5 Å². The number of morpholine rings is 1. The van der Waals surface area contributed by atoms with Gasteiger partial charge in [0, 0.05) is 92.1 Å². The molecular weight excluding hydrogens is 1100 g/mol. The van der Waals surface area contributed by atoms with Gasteiger partial charge in [-0.25, -0.2) is 13.4 Å². The molecule has 3 aromatic rings. The predicted octanol–water partition coefficient (Wildman–Crippen LogP) is -2.10. The normalized spacial score (nSPS) is 28.4. The number of phenolic OH excluding ortho intramolecular Hbond substituents is 2. The Bertz CT molecular complexity index is 3370. The largest absolute Gasteiger partial charge is 0.507 e. The number of hydrogen-bond donors (Lipinski definition) is 9. The molecule has 4 heterocycles. The number of nitriles is 1. The fourth-order valence-corrected chi connectivity index (χ4v) is 13.1. The minimum Gasteiger partial charge on any atom is -0.507 e. The lowest BCUT2D eigenvalue weighted by Crippen LogP contribution is -2.85. The molecule has 6 fully saturated rings. The number of methoxy groups -OCH3 is 2. The Balaban J connectivity index is 0.728. The van der Waals surface area contributed by atoms with E-state index in [1.165, 1.54) is 32.4 Å². The number of phenols is 2. The van der Waals surface area contributed by atoms with Crippen LogP contribution < -0.4 is 36.6 Å². The lowest BCUT2D eigenvalue weighted by Gasteiger charge is -2.70. The van der Waals surface area contributed by atoms with Crippen LogP contribution in [0.25, 0.3) is 0 Å². The maximum Gasteiger partial charge on any atom is 0.252 e. The number of hydrogen-bond acceptors (Lipinski definition) is 22. The fourth-order valence-electron chi connectivity index (χ4n) is 12.3. The monoisotopic (exact) mass is 1160 g/mol. The summed E-state index contributed by atoms with van der Waals surface area (Å²) in [5, 5.41) is 60.8. The van der Waals surface area contributed by atoms with Gasteiger partial charge in [-0.3, -0.25) is 43.3 Å². The van der Waals surface area contributed by atoms with Crippen LogP contribution in [0.4, 0.5) is 0 Å². The summed E-state index contributed by atoms with van der Waals surface area (Å²) in [6, 6.07) is 6.83. The second kappa shape index (κ2) is 21.9. The zero-order valence-electron chi connectivity index (χ0n) is 44.7. The number of sulfone groups is 1. The summed E-state index contributed by atoms with van der Waals surface area (Å²) >= 11 is 0. The van der Waals surface area contributed by atoms with Crippen molar-refractivity contribution in [3.8, 4) is 23.3 Å². The predicted molar refractivity (Wildman–Crippen MR) is 275 cm³/mol. The summed E-state index contributed by atoms with van der Waals surface area (Å²) in [6.07, 6.45) is -3.20. The number of carbonyl (C=O) groups is 8. The highest BCUT2D eigenvalue weighted by Gasteiger charge is 2.70. The molecule has 8 aliphatic rings. The van der Waals surface area contributed by atoms with Crippen molar-refractivity contribution in [3.63, 3.8) is 0 Å². The maximum atomic E-state index is 14.5. The number of aromatic hydroxyl groups is 2. The molecule has 2 aromatic carbocycles. The van der Waals surface area contributed by atoms with Crippen molar-refractivity contribution in [1.29, 1.82) is 5.26 Å². The van der Waals surface area contributed by atoms with E-state index in [4.69, 9.17) is 28.4 Å². The van der Waals surface area contributed by atoms with E-state index in [1.807, 2.05) is 0 Å². The lowest BCUT2D eigenvalue weighted by molar-refractivity contribution is -0.256. The average Bonchev–Trinajstić information content (AvgIpc) is 0.889. The first-order chi connectivity index (χ1) is 38.9. The number of ketones is 2. The smallest absolute Gasteiger partial charge is 0.252 e. The van der Waals surface area contributed by atoms with Crippen LogP contribution in [-0.2, 0) is 63.9 Å². The number of fused-ring (bicyclic) bond motifs is 6. The van der Waals surface area contributed by atoms with Crippen molar-refractivity contribution in [1.82, 2.24) is 41.8 Å². The minimum absolute atomic E-state index is 0.0651. The first kappa shape index (κ1) is 57.5. The van der Waals surface area contributed by atoms with E-state index in [0.29, 0.717) is 13.2 Å². The lowest BCUT2D eigenvalue weighted by atomic mass is 9.44. The van der Waals surface area contributed by atoms with Gasteiger partial charge in [-0.2, -0.15) is 5.26 Å². The van der Waals surface area contributed by atoms with Crippen LogP contribution in [0.3, 0.4) is 0 Å². The minimum atomic E-state index is -3.82. The Labute approximate surface area is 467 Å². The number of nitrogens with zero attached hydrogens (tertiary/aromatic N) is 3. The zero-order valence-corrected chi connectivity index (χ0v) is 45.6. The molecule has 3 aliphatic heterocycles. The first-order valence-electron chi connectivity index (χ1n) is 26.2. The van der Waals surface area contributed by atoms with Gasteiger partial charge in [0.05, 0.1) is 73.4 Å². The number of benzene rings is 2. The molecule has 0 radical (unpaired) electrons. The van der Waals surface area contributed by atoms with Crippen LogP contribution in [0.1, 0.15) is 110 Å². The van der Waals surface area contributed by atoms with E-state index in [1.54, 1.807) is 13.0 Å². The molecule has 0 spiro atoms. The van der Waals surface area contributed by atoms with E-state index >= 15 is 0 Å². The van der Waals surface area contributed by atoms with Gasteiger partial charge >= 0.3 is 0 Å². The molecule has 9 N–H and O–H groups in total. The molecule has 29 heteroatoms. The van der Waals surface area contributed by atoms with Gasteiger partial charge in [-0.15, -0.1) is 0 Å². The second-order valence-corrected chi connectivity index (χ2v) is 23.5. The van der Waals surface area contributed by atoms with Crippen molar-refractivity contribution in [2.45, 2.75) is 117 Å². The Hall–Kier alpha value is -7.69. The first-order valence-corrected chi connectivity index (χ1v) is 28.1. The van der Waals surface area contributed by atoms with Crippen molar-refractivity contribution < 1.29 is 90.5 Å². The summed E-state index contributed by atoms with van der Waals surface area (Å²) in [5.74, 6) is -7.21. The van der Waals surface area contributed by atoms with Crippen LogP contribution in [0.15, 0.2) is 35.5 Å². The van der Waals surface area contributed by atoms with E-state index in [2.05, 4.69) is 41.8 Å². The van der Waals surface area contributed by atoms with Gasteiger partial charge in [0.2, 0.25) is 29.4 Å². The molecule has 6 amide bonds. The molecule has 2 bridgehead atoms. The third-order valence-electron chi connectivity index (χ3n) is 16.0. The van der Waals surface area contributed by atoms with Crippen molar-refractivity contribution in [2.75, 3.05) is 59.8 Å². The van der Waals surface area contributed by atoms with Crippen molar-refractivity contribution >= 4 is 56.8 Å². The summed E-state index contributed by atoms with van der Waals surface area (Å²) in [5.41, 5.74) is -5.93. The maximum absolute atomic E-state index is 14.5. The Morgan fingerprint density at radius 1 is 0.890 bits per heavy atom. The number of carbonyl (C=O) groups excluding carboxylic acids is 8. The van der Waals surface area contributed by atoms with E-state index in [0.717, 1.165) is 18.5 Å². The topological polar surface area (TPSA) is 399 Å². The summed E-state index contributed by atoms with van der Waals surface area (Å²) in [4.78, 5) is 111. The van der Waals surface area contributed by atoms with Crippen molar-refractivity contribution in [3.05, 3.63) is 75.0 Å². The zero-order chi connectivity index (χ0) is 58.8. The Morgan fingerprint density at radius 3 is 2.23 bits per heavy atom. The van der Waals surface area contributed by atoms with Crippen LogP contribution in [0, 0.1) is 11.3 Å². The molecule has 5 aliphatic carbocycles. The van der Waals surface area contributed by atoms with Gasteiger partial charge in [-0.05, 0) is 38.3 Å². The molecular formula is C53H59N9O19S. The van der Waals surface area contributed by atoms with Crippen LogP contribution in [0.2, 0.25) is 0 Å². The standard InChI is InChI=1S/C53H59N9O19S/c1-24-45-29(62-10-11-78-49(77-3)48(62)81-45)13-36(79-24)80-31-15-53(73,14-28-38(31)44(70)40-39(42(28)68)41(67)27-6-5-7-30(76-2)37(27)43(40)69)50(72)61-52-21-51(22-52,23-52)60-35(66)20-58-34(65)19-57-33(64)18-56-32(63)8-9-55-46(71)26-12-25(16-54)47(59-17-26)82(4,74)75/h5-7,12,17,24,29,31,36,45,48-49,68,70,73H,8-11,13-15,18-23H2,1-4H3,(H,55,71)(H,56,63)(H,57,64)(H,58,65)(H,60,66)(H,61,72)/t24-,29-,31-,36-,45+,48+,49-,51?,52?,53-/m0/s1. The second-order valence-electron chi connectivity index (χ2n) is 21.6. The molecule has 8 atom stereocenters. The van der Waals surface area contributed by atoms with E-state index in [-0.39, 0.29) is 83.8 Å². The molecule has 82 heavy (non-hydrogen) atoms. The molecule has 11 rings (SSSR count). The highest BCUT2D eigenvalue weighted by molar-refractivity contribution is 7.90. The van der Waals surface area contributed by atoms with Crippen LogP contribution in [0.5, 0.6) is 17.2 Å². The summed E-state index contributed by atoms with van der Waals surface area (Å²) < 4.78 is 59.7. The molecule has 28 nitrogen and oxygen atoms in total. The quantitative estimate of drug-likeness (QED) is 0.0482. The number of amides is 6. The Morgan fingerprint density at radius 2 is 1.56 bits per heavy atom. The third-order valence-corrected chi connectivity index (χ3v) is 17.0. The van der Waals surface area contributed by atoms with E-state index in [9.17, 15) is 67.4 Å². The molecule has 0 unspecified atom stereocenters. The fraction of sp³-hybridized carbons (Fsp3) is 0.509. The number of pyridine rings is 1. The average molecular weight is 1160 g/mol. The number of nitrogens with one attached hydrogen (secondary N) is 6. The van der Waals surface area contributed by atoms with Gasteiger partial charge in [0.25, 0.3) is 11.8 Å². The molecule has 3 saturated carbocycles. The molecule has 1 aromatic heterocycles. The Kier molecular flexibility index (Phi) is 15.4. The van der Waals surface area contributed by atoms with Gasteiger partial charge in [0.1, 0.15) is 35.0 Å². The van der Waals surface area contributed by atoms with E-state index < -0.39 is 171 Å². The number of aromatic nitrogens is 1. The number of rotatable bonds is 18.